The molecule has 4 rings (SSSR count). The van der Waals surface area contributed by atoms with Gasteiger partial charge in [0.05, 0.1) is 5.69 Å². The first-order chi connectivity index (χ1) is 12.6. The second kappa shape index (κ2) is 6.45. The number of hydrogen-bond acceptors (Lipinski definition) is 4. The van der Waals surface area contributed by atoms with Crippen LogP contribution in [0.25, 0.3) is 11.3 Å². The number of rotatable bonds is 7. The lowest BCUT2D eigenvalue weighted by Crippen LogP contribution is -2.36. The van der Waals surface area contributed by atoms with Crippen LogP contribution in [0.3, 0.4) is 0 Å². The lowest BCUT2D eigenvalue weighted by molar-refractivity contribution is 0.136. The molecule has 136 valence electrons. The predicted molar refractivity (Wildman–Crippen MR) is 101 cm³/mol. The summed E-state index contributed by atoms with van der Waals surface area (Å²) in [6.07, 6.45) is 8.72. The van der Waals surface area contributed by atoms with Crippen molar-refractivity contribution in [1.29, 1.82) is 0 Å². The summed E-state index contributed by atoms with van der Waals surface area (Å²) in [4.78, 5) is 15.5. The Morgan fingerprint density at radius 2 is 2.04 bits per heavy atom. The highest BCUT2D eigenvalue weighted by Gasteiger charge is 2.69. The maximum Gasteiger partial charge on any atom is 0.128 e. The number of allylic oxidation sites excluding steroid dienone is 1. The number of aromatic nitrogens is 3. The lowest BCUT2D eigenvalue weighted by atomic mass is 9.81. The average molecular weight is 352 g/mol. The topological polar surface area (TPSA) is 41.9 Å². The first-order valence-electron chi connectivity index (χ1n) is 9.48. The summed E-state index contributed by atoms with van der Waals surface area (Å²) in [6.45, 7) is 9.30. The Bertz CT molecular complexity index is 819. The molecule has 3 unspecified atom stereocenters. The van der Waals surface area contributed by atoms with Gasteiger partial charge in [0.2, 0.25) is 0 Å². The molecule has 0 radical (unpaired) electrons. The van der Waals surface area contributed by atoms with Crippen molar-refractivity contribution in [2.45, 2.75) is 45.2 Å². The van der Waals surface area contributed by atoms with Crippen LogP contribution in [0.1, 0.15) is 38.9 Å². The molecule has 2 fully saturated rings. The van der Waals surface area contributed by atoms with Crippen LogP contribution in [-0.4, -0.2) is 27.2 Å². The molecule has 0 saturated heterocycles. The van der Waals surface area contributed by atoms with E-state index in [1.165, 1.54) is 0 Å². The summed E-state index contributed by atoms with van der Waals surface area (Å²) >= 11 is 0. The summed E-state index contributed by atoms with van der Waals surface area (Å²) in [5.41, 5.74) is 2.93. The number of anilines is 1. The van der Waals surface area contributed by atoms with Crippen LogP contribution in [-0.2, 0) is 6.42 Å². The smallest absolute Gasteiger partial charge is 0.128 e. The number of fused-ring (bicyclic) bond motifs is 1. The van der Waals surface area contributed by atoms with Crippen molar-refractivity contribution >= 4 is 5.69 Å². The zero-order valence-electron chi connectivity index (χ0n) is 15.5. The van der Waals surface area contributed by atoms with E-state index in [1.807, 2.05) is 24.5 Å². The van der Waals surface area contributed by atoms with Crippen LogP contribution in [0.2, 0.25) is 0 Å². The molecule has 0 aliphatic heterocycles. The summed E-state index contributed by atoms with van der Waals surface area (Å²) in [7, 11) is 0. The highest BCUT2D eigenvalue weighted by atomic mass is 19.1. The maximum atomic E-state index is 13.9. The molecule has 3 atom stereocenters. The maximum absolute atomic E-state index is 13.9. The second-order valence-electron chi connectivity index (χ2n) is 7.43. The Morgan fingerprint density at radius 3 is 2.62 bits per heavy atom. The zero-order chi connectivity index (χ0) is 18.3. The van der Waals surface area contributed by atoms with E-state index in [-0.39, 0.29) is 11.8 Å². The van der Waals surface area contributed by atoms with Crippen LogP contribution < -0.4 is 4.90 Å². The van der Waals surface area contributed by atoms with Crippen LogP contribution in [0.5, 0.6) is 0 Å². The molecule has 2 aromatic heterocycles. The minimum Gasteiger partial charge on any atom is -0.346 e. The van der Waals surface area contributed by atoms with Crippen molar-refractivity contribution in [3.8, 4) is 11.3 Å². The van der Waals surface area contributed by atoms with E-state index in [4.69, 9.17) is 0 Å². The highest BCUT2D eigenvalue weighted by Crippen LogP contribution is 2.68. The van der Waals surface area contributed by atoms with Gasteiger partial charge in [-0.15, -0.1) is 0 Å². The fourth-order valence-corrected chi connectivity index (χ4v) is 4.08. The third-order valence-electron chi connectivity index (χ3n) is 5.73. The number of hydrogen-bond donors (Lipinski definition) is 0. The van der Waals surface area contributed by atoms with Gasteiger partial charge in [0.15, 0.2) is 0 Å². The Hall–Kier alpha value is -2.30. The molecule has 0 spiro atoms. The van der Waals surface area contributed by atoms with Crippen molar-refractivity contribution in [2.75, 3.05) is 11.4 Å². The van der Waals surface area contributed by atoms with Crippen LogP contribution in [0.15, 0.2) is 43.0 Å². The fourth-order valence-electron chi connectivity index (χ4n) is 4.08. The summed E-state index contributed by atoms with van der Waals surface area (Å²) < 4.78 is 13.9. The summed E-state index contributed by atoms with van der Waals surface area (Å²) in [5.74, 6) is 1.32. The predicted octanol–water partition coefficient (Wildman–Crippen LogP) is 4.58. The molecule has 0 amide bonds. The Morgan fingerprint density at radius 1 is 1.27 bits per heavy atom. The Balaban J connectivity index is 1.55. The van der Waals surface area contributed by atoms with Gasteiger partial charge in [-0.3, -0.25) is 4.98 Å². The van der Waals surface area contributed by atoms with Gasteiger partial charge < -0.3 is 4.90 Å². The van der Waals surface area contributed by atoms with Crippen molar-refractivity contribution in [2.24, 2.45) is 11.8 Å². The molecule has 2 aliphatic carbocycles. The van der Waals surface area contributed by atoms with Gasteiger partial charge in [0.1, 0.15) is 11.5 Å². The van der Waals surface area contributed by atoms with E-state index >= 15 is 0 Å². The zero-order valence-corrected chi connectivity index (χ0v) is 15.5. The quantitative estimate of drug-likeness (QED) is 0.731. The molecule has 2 aromatic rings. The number of alkyl halides is 1. The molecular weight excluding hydrogens is 327 g/mol. The van der Waals surface area contributed by atoms with E-state index in [2.05, 4.69) is 40.3 Å². The van der Waals surface area contributed by atoms with Crippen LogP contribution >= 0.6 is 0 Å². The van der Waals surface area contributed by atoms with Crippen molar-refractivity contribution in [3.63, 3.8) is 0 Å². The molecule has 2 heterocycles. The Labute approximate surface area is 154 Å². The molecule has 0 aromatic carbocycles. The number of nitrogens with zero attached hydrogens (tertiary/aromatic N) is 4. The van der Waals surface area contributed by atoms with Crippen molar-refractivity contribution in [3.05, 3.63) is 48.8 Å². The van der Waals surface area contributed by atoms with Gasteiger partial charge in [0, 0.05) is 60.3 Å². The first-order valence-corrected chi connectivity index (χ1v) is 9.48. The van der Waals surface area contributed by atoms with Crippen molar-refractivity contribution in [1.82, 2.24) is 15.0 Å². The average Bonchev–Trinajstić information content (AvgIpc) is 3.18. The standard InChI is InChI=1S/C21H25FN4/c1-4-6-20-24-12-15(13-25-20)19-9-16(7-8-23-19)26(5-2)14(3)17-10-21(22)11-18(17)21/h7-9,12-13,17-18H,3-6,10-11H2,1-2H3. The molecule has 26 heavy (non-hydrogen) atoms. The van der Waals surface area contributed by atoms with E-state index in [9.17, 15) is 4.39 Å². The van der Waals surface area contributed by atoms with Gasteiger partial charge in [0.25, 0.3) is 0 Å². The van der Waals surface area contributed by atoms with Gasteiger partial charge in [-0.05, 0) is 38.3 Å². The first kappa shape index (κ1) is 17.1. The number of aryl methyl sites for hydroxylation is 1. The van der Waals surface area contributed by atoms with Crippen molar-refractivity contribution < 1.29 is 4.39 Å². The van der Waals surface area contributed by atoms with Crippen LogP contribution in [0.4, 0.5) is 10.1 Å². The fraction of sp³-hybridized carbons (Fsp3) is 0.476. The highest BCUT2D eigenvalue weighted by molar-refractivity contribution is 5.64. The third kappa shape index (κ3) is 2.89. The molecule has 2 aliphatic rings. The monoisotopic (exact) mass is 352 g/mol. The van der Waals surface area contributed by atoms with E-state index in [0.29, 0.717) is 12.8 Å². The SMILES string of the molecule is C=C(C1CC2(F)CC12)N(CC)c1ccnc(-c2cnc(CCC)nc2)c1. The second-order valence-corrected chi connectivity index (χ2v) is 7.43. The lowest BCUT2D eigenvalue weighted by Gasteiger charge is -2.37. The normalized spacial score (nSPS) is 26.0. The van der Waals surface area contributed by atoms with E-state index in [0.717, 1.165) is 47.9 Å². The minimum absolute atomic E-state index is 0.185. The largest absolute Gasteiger partial charge is 0.346 e. The van der Waals surface area contributed by atoms with Gasteiger partial charge in [-0.2, -0.15) is 0 Å². The van der Waals surface area contributed by atoms with E-state index in [1.54, 1.807) is 6.20 Å². The Kier molecular flexibility index (Phi) is 4.25. The van der Waals surface area contributed by atoms with Gasteiger partial charge in [-0.1, -0.05) is 13.5 Å². The van der Waals surface area contributed by atoms with Gasteiger partial charge in [-0.25, -0.2) is 14.4 Å². The molecule has 4 nitrogen and oxygen atoms in total. The molecule has 2 saturated carbocycles. The summed E-state index contributed by atoms with van der Waals surface area (Å²) in [6, 6.07) is 4.03. The molecule has 0 N–H and O–H groups in total. The summed E-state index contributed by atoms with van der Waals surface area (Å²) in [5, 5.41) is 0. The molecule has 0 bridgehead atoms. The number of pyridine rings is 1. The number of halogens is 1. The minimum atomic E-state index is -0.881. The van der Waals surface area contributed by atoms with Gasteiger partial charge >= 0.3 is 0 Å². The third-order valence-corrected chi connectivity index (χ3v) is 5.73. The van der Waals surface area contributed by atoms with E-state index < -0.39 is 5.67 Å². The molecular formula is C21H25FN4. The van der Waals surface area contributed by atoms with Crippen LogP contribution in [0, 0.1) is 11.8 Å². The molecule has 5 heteroatoms.